The highest BCUT2D eigenvalue weighted by Gasteiger charge is 2.11. The van der Waals surface area contributed by atoms with Crippen molar-refractivity contribution in [1.82, 2.24) is 14.5 Å². The third kappa shape index (κ3) is 4.18. The first-order valence-corrected chi connectivity index (χ1v) is 8.53. The Balaban J connectivity index is 1.55. The first-order chi connectivity index (χ1) is 12.2. The van der Waals surface area contributed by atoms with Crippen LogP contribution in [0.4, 0.5) is 0 Å². The van der Waals surface area contributed by atoms with E-state index in [4.69, 9.17) is 4.74 Å². The number of fused-ring (bicyclic) bond motifs is 1. The lowest BCUT2D eigenvalue weighted by Crippen LogP contribution is -2.27. The second kappa shape index (κ2) is 7.83. The molecule has 0 aliphatic rings. The molecule has 1 heterocycles. The summed E-state index contributed by atoms with van der Waals surface area (Å²) < 4.78 is 7.46. The van der Waals surface area contributed by atoms with E-state index in [1.165, 1.54) is 0 Å². The van der Waals surface area contributed by atoms with Gasteiger partial charge < -0.3 is 14.2 Å². The minimum absolute atomic E-state index is 0.117. The third-order valence-electron chi connectivity index (χ3n) is 4.17. The van der Waals surface area contributed by atoms with Crippen molar-refractivity contribution in [3.8, 4) is 5.75 Å². The van der Waals surface area contributed by atoms with Gasteiger partial charge in [0.2, 0.25) is 5.91 Å². The van der Waals surface area contributed by atoms with Gasteiger partial charge in [0, 0.05) is 26.6 Å². The van der Waals surface area contributed by atoms with E-state index in [9.17, 15) is 4.79 Å². The third-order valence-corrected chi connectivity index (χ3v) is 4.17. The first-order valence-electron chi connectivity index (χ1n) is 8.53. The van der Waals surface area contributed by atoms with Crippen molar-refractivity contribution in [2.45, 2.75) is 26.4 Å². The molecule has 1 amide bonds. The number of hydrogen-bond donors (Lipinski definition) is 0. The smallest absolute Gasteiger partial charge is 0.224 e. The fraction of sp³-hybridized carbons (Fsp3) is 0.300. The number of benzene rings is 2. The fourth-order valence-electron chi connectivity index (χ4n) is 2.82. The summed E-state index contributed by atoms with van der Waals surface area (Å²) in [6.07, 6.45) is 2.25. The van der Waals surface area contributed by atoms with Crippen molar-refractivity contribution in [2.24, 2.45) is 0 Å². The van der Waals surface area contributed by atoms with E-state index in [1.807, 2.05) is 67.1 Å². The van der Waals surface area contributed by atoms with Gasteiger partial charge in [-0.1, -0.05) is 24.3 Å². The van der Waals surface area contributed by atoms with Crippen LogP contribution in [0.1, 0.15) is 18.9 Å². The number of para-hydroxylation sites is 2. The molecule has 0 spiro atoms. The van der Waals surface area contributed by atoms with Crippen molar-refractivity contribution >= 4 is 16.9 Å². The minimum Gasteiger partial charge on any atom is -0.494 e. The van der Waals surface area contributed by atoms with Crippen LogP contribution in [-0.4, -0.2) is 34.0 Å². The fourth-order valence-corrected chi connectivity index (χ4v) is 2.82. The molecule has 1 aromatic heterocycles. The molecule has 0 aliphatic carbocycles. The van der Waals surface area contributed by atoms with E-state index >= 15 is 0 Å². The maximum Gasteiger partial charge on any atom is 0.224 e. The molecule has 0 fully saturated rings. The van der Waals surface area contributed by atoms with E-state index in [0.717, 1.165) is 22.3 Å². The van der Waals surface area contributed by atoms with Gasteiger partial charge >= 0.3 is 0 Å². The maximum absolute atomic E-state index is 12.4. The molecule has 3 rings (SSSR count). The van der Waals surface area contributed by atoms with E-state index in [0.29, 0.717) is 26.1 Å². The molecule has 0 saturated carbocycles. The van der Waals surface area contributed by atoms with Crippen LogP contribution in [0.5, 0.6) is 5.75 Å². The SMILES string of the molecule is CCOc1ccc(CN(C)C(=O)CCn2cnc3ccccc32)cc1. The van der Waals surface area contributed by atoms with Crippen molar-refractivity contribution in [3.63, 3.8) is 0 Å². The highest BCUT2D eigenvalue weighted by atomic mass is 16.5. The second-order valence-corrected chi connectivity index (χ2v) is 6.00. The molecule has 0 saturated heterocycles. The van der Waals surface area contributed by atoms with Crippen LogP contribution < -0.4 is 4.74 Å². The molecule has 0 aliphatic heterocycles. The summed E-state index contributed by atoms with van der Waals surface area (Å²) in [6.45, 7) is 3.84. The van der Waals surface area contributed by atoms with E-state index in [-0.39, 0.29) is 5.91 Å². The Morgan fingerprint density at radius 1 is 1.16 bits per heavy atom. The number of ether oxygens (including phenoxy) is 1. The monoisotopic (exact) mass is 337 g/mol. The zero-order valence-corrected chi connectivity index (χ0v) is 14.7. The Labute approximate surface area is 147 Å². The molecule has 2 aromatic carbocycles. The standard InChI is InChI=1S/C20H23N3O2/c1-3-25-17-10-8-16(9-11-17)14-22(2)20(24)12-13-23-15-21-18-6-4-5-7-19(18)23/h4-11,15H,3,12-14H2,1-2H3. The normalized spacial score (nSPS) is 10.8. The quantitative estimate of drug-likeness (QED) is 0.663. The zero-order valence-electron chi connectivity index (χ0n) is 14.7. The highest BCUT2D eigenvalue weighted by molar-refractivity contribution is 5.77. The summed E-state index contributed by atoms with van der Waals surface area (Å²) in [5, 5.41) is 0. The number of aryl methyl sites for hydroxylation is 1. The van der Waals surface area contributed by atoms with Gasteiger partial charge in [0.1, 0.15) is 5.75 Å². The molecular weight excluding hydrogens is 314 g/mol. The molecule has 3 aromatic rings. The number of imidazole rings is 1. The molecule has 0 atom stereocenters. The van der Waals surface area contributed by atoms with Crippen molar-refractivity contribution in [1.29, 1.82) is 0 Å². The maximum atomic E-state index is 12.4. The molecule has 0 unspecified atom stereocenters. The van der Waals surface area contributed by atoms with Crippen LogP contribution in [0.25, 0.3) is 11.0 Å². The van der Waals surface area contributed by atoms with Crippen LogP contribution in [0, 0.1) is 0 Å². The summed E-state index contributed by atoms with van der Waals surface area (Å²) >= 11 is 0. The van der Waals surface area contributed by atoms with Gasteiger partial charge in [-0.25, -0.2) is 4.98 Å². The summed E-state index contributed by atoms with van der Waals surface area (Å²) in [6, 6.07) is 15.8. The van der Waals surface area contributed by atoms with Gasteiger partial charge in [0.25, 0.3) is 0 Å². The van der Waals surface area contributed by atoms with Crippen molar-refractivity contribution in [3.05, 3.63) is 60.4 Å². The highest BCUT2D eigenvalue weighted by Crippen LogP contribution is 2.15. The lowest BCUT2D eigenvalue weighted by Gasteiger charge is -2.18. The van der Waals surface area contributed by atoms with Gasteiger partial charge in [0.15, 0.2) is 0 Å². The molecule has 5 nitrogen and oxygen atoms in total. The Morgan fingerprint density at radius 3 is 2.68 bits per heavy atom. The molecular formula is C20H23N3O2. The van der Waals surface area contributed by atoms with E-state index in [2.05, 4.69) is 4.98 Å². The molecule has 0 radical (unpaired) electrons. The Bertz CT molecular complexity index is 840. The Hall–Kier alpha value is -2.82. The zero-order chi connectivity index (χ0) is 17.6. The number of carbonyl (C=O) groups excluding carboxylic acids is 1. The lowest BCUT2D eigenvalue weighted by atomic mass is 10.2. The predicted molar refractivity (Wildman–Crippen MR) is 98.4 cm³/mol. The topological polar surface area (TPSA) is 47.4 Å². The summed E-state index contributed by atoms with van der Waals surface area (Å²) in [5.74, 6) is 0.971. The number of nitrogens with zero attached hydrogens (tertiary/aromatic N) is 3. The predicted octanol–water partition coefficient (Wildman–Crippen LogP) is 3.48. The summed E-state index contributed by atoms with van der Waals surface area (Å²) in [7, 11) is 1.84. The average molecular weight is 337 g/mol. The average Bonchev–Trinajstić information content (AvgIpc) is 3.05. The Kier molecular flexibility index (Phi) is 5.33. The molecule has 0 N–H and O–H groups in total. The van der Waals surface area contributed by atoms with Gasteiger partial charge in [0.05, 0.1) is 24.0 Å². The van der Waals surface area contributed by atoms with Crippen LogP contribution in [-0.2, 0) is 17.9 Å². The molecule has 5 heteroatoms. The largest absolute Gasteiger partial charge is 0.494 e. The molecule has 25 heavy (non-hydrogen) atoms. The van der Waals surface area contributed by atoms with Crippen molar-refractivity contribution < 1.29 is 9.53 Å². The van der Waals surface area contributed by atoms with Crippen LogP contribution in [0.2, 0.25) is 0 Å². The number of hydrogen-bond acceptors (Lipinski definition) is 3. The second-order valence-electron chi connectivity index (χ2n) is 6.00. The van der Waals surface area contributed by atoms with Crippen molar-refractivity contribution in [2.75, 3.05) is 13.7 Å². The van der Waals surface area contributed by atoms with E-state index in [1.54, 1.807) is 11.2 Å². The van der Waals surface area contributed by atoms with Crippen LogP contribution >= 0.6 is 0 Å². The molecule has 130 valence electrons. The number of aromatic nitrogens is 2. The van der Waals surface area contributed by atoms with Crippen LogP contribution in [0.3, 0.4) is 0 Å². The van der Waals surface area contributed by atoms with Gasteiger partial charge in [-0.3, -0.25) is 4.79 Å². The van der Waals surface area contributed by atoms with Gasteiger partial charge in [-0.15, -0.1) is 0 Å². The summed E-state index contributed by atoms with van der Waals surface area (Å²) in [4.78, 5) is 18.5. The summed E-state index contributed by atoms with van der Waals surface area (Å²) in [5.41, 5.74) is 3.11. The van der Waals surface area contributed by atoms with E-state index < -0.39 is 0 Å². The van der Waals surface area contributed by atoms with Gasteiger partial charge in [-0.2, -0.15) is 0 Å². The van der Waals surface area contributed by atoms with Gasteiger partial charge in [-0.05, 0) is 36.8 Å². The number of amides is 1. The minimum atomic E-state index is 0.117. The molecule has 0 bridgehead atoms. The Morgan fingerprint density at radius 2 is 1.92 bits per heavy atom. The lowest BCUT2D eigenvalue weighted by molar-refractivity contribution is -0.130. The number of rotatable bonds is 7. The van der Waals surface area contributed by atoms with Crippen LogP contribution in [0.15, 0.2) is 54.9 Å². The first kappa shape index (κ1) is 17.0. The number of carbonyl (C=O) groups is 1.